The first kappa shape index (κ1) is 28.8. The van der Waals surface area contributed by atoms with Crippen molar-refractivity contribution in [2.75, 3.05) is 6.61 Å². The molecule has 9 heteroatoms. The van der Waals surface area contributed by atoms with Crippen LogP contribution in [-0.4, -0.2) is 41.5 Å². The summed E-state index contributed by atoms with van der Waals surface area (Å²) in [5.74, 6) is 0.892. The van der Waals surface area contributed by atoms with Gasteiger partial charge in [-0.25, -0.2) is 8.42 Å². The van der Waals surface area contributed by atoms with Crippen molar-refractivity contribution in [2.24, 2.45) is 11.8 Å². The molecule has 1 radical (unpaired) electrons. The van der Waals surface area contributed by atoms with Crippen LogP contribution in [0.2, 0.25) is 0 Å². The molecule has 0 amide bonds. The van der Waals surface area contributed by atoms with Crippen molar-refractivity contribution >= 4 is 10.0 Å². The molecule has 0 aliphatic carbocycles. The fraction of sp³-hybridized carbons (Fsp3) is 0.400. The maximum absolute atomic E-state index is 11.9. The van der Waals surface area contributed by atoms with Gasteiger partial charge in [-0.1, -0.05) is 68.1 Å². The number of aliphatic hydroxyl groups excluding tert-OH is 1. The molecule has 2 aromatic carbocycles. The van der Waals surface area contributed by atoms with E-state index in [1.54, 1.807) is 24.3 Å². The Morgan fingerprint density at radius 3 is 2.44 bits per heavy atom. The predicted octanol–water partition coefficient (Wildman–Crippen LogP) is 3.81. The Balaban J connectivity index is 0.000000237. The Labute approximate surface area is 227 Å². The summed E-state index contributed by atoms with van der Waals surface area (Å²) in [7, 11) is -3.49. The molecular weight excluding hydrogens is 529 g/mol. The van der Waals surface area contributed by atoms with Crippen LogP contribution >= 0.6 is 0 Å². The van der Waals surface area contributed by atoms with E-state index in [9.17, 15) is 13.5 Å². The second-order valence-electron chi connectivity index (χ2n) is 8.35. The van der Waals surface area contributed by atoms with E-state index in [0.29, 0.717) is 25.0 Å². The molecule has 0 saturated carbocycles. The zero-order valence-corrected chi connectivity index (χ0v) is 23.4. The van der Waals surface area contributed by atoms with Crippen LogP contribution < -0.4 is 0 Å². The maximum atomic E-state index is 11.9. The summed E-state index contributed by atoms with van der Waals surface area (Å²) in [4.78, 5) is 3.84. The summed E-state index contributed by atoms with van der Waals surface area (Å²) < 4.78 is 36.1. The monoisotopic (exact) mass is 560 g/mol. The molecule has 1 aliphatic heterocycles. The van der Waals surface area contributed by atoms with Gasteiger partial charge in [0.15, 0.2) is 6.29 Å². The van der Waals surface area contributed by atoms with Crippen molar-refractivity contribution in [1.82, 2.24) is 8.96 Å². The van der Waals surface area contributed by atoms with Crippen molar-refractivity contribution in [3.8, 4) is 0 Å². The van der Waals surface area contributed by atoms with Gasteiger partial charge < -0.3 is 23.5 Å². The van der Waals surface area contributed by atoms with Gasteiger partial charge in [0.2, 0.25) is 0 Å². The van der Waals surface area contributed by atoms with E-state index in [1.165, 1.54) is 12.5 Å². The molecule has 1 aromatic heterocycles. The minimum atomic E-state index is -3.49. The Hall–Kier alpha value is -1.42. The molecule has 2 unspecified atom stereocenters. The molecule has 34 heavy (non-hydrogen) atoms. The van der Waals surface area contributed by atoms with Gasteiger partial charge >= 0.3 is 0 Å². The van der Waals surface area contributed by atoms with Crippen LogP contribution in [0.5, 0.6) is 0 Å². The number of nitrogens with zero attached hydrogens (tertiary/aromatic N) is 2. The third kappa shape index (κ3) is 8.07. The maximum Gasteiger partial charge on any atom is 0.252 e. The Kier molecular flexibility index (Phi) is 11.5. The van der Waals surface area contributed by atoms with Gasteiger partial charge in [0.05, 0.1) is 24.2 Å². The van der Waals surface area contributed by atoms with E-state index in [4.69, 9.17) is 9.47 Å². The van der Waals surface area contributed by atoms with Crippen LogP contribution in [0.3, 0.4) is 0 Å². The minimum Gasteiger partial charge on any atom is -0.441 e. The first-order valence-electron chi connectivity index (χ1n) is 10.9. The number of benzene rings is 2. The van der Waals surface area contributed by atoms with Crippen LogP contribution in [0, 0.1) is 25.0 Å². The number of hydrogen-bond donors (Lipinski definition) is 1. The SMILES string of the molecule is C[C@@H]1CC(O)OC(COCc2ccccc2)[C@H]1C.Cc1ccc(S(=O)(=O)n2c[c-]nc2)cc1.[Y]. The predicted molar refractivity (Wildman–Crippen MR) is 125 cm³/mol. The van der Waals surface area contributed by atoms with Gasteiger partial charge in [-0.3, -0.25) is 0 Å². The van der Waals surface area contributed by atoms with Crippen molar-refractivity contribution in [2.45, 2.75) is 51.1 Å². The van der Waals surface area contributed by atoms with E-state index in [2.05, 4.69) is 25.0 Å². The summed E-state index contributed by atoms with van der Waals surface area (Å²) in [6.45, 7) is 7.35. The van der Waals surface area contributed by atoms with Gasteiger partial charge in [0, 0.05) is 39.1 Å². The number of aliphatic hydroxyl groups is 1. The largest absolute Gasteiger partial charge is 0.441 e. The molecule has 4 rings (SSSR count). The third-order valence-electron chi connectivity index (χ3n) is 5.81. The van der Waals surface area contributed by atoms with Crippen molar-refractivity contribution in [3.63, 3.8) is 0 Å². The fourth-order valence-corrected chi connectivity index (χ4v) is 4.60. The van der Waals surface area contributed by atoms with E-state index >= 15 is 0 Å². The van der Waals surface area contributed by atoms with Crippen molar-refractivity contribution in [1.29, 1.82) is 0 Å². The van der Waals surface area contributed by atoms with Crippen LogP contribution in [0.4, 0.5) is 0 Å². The van der Waals surface area contributed by atoms with Crippen LogP contribution in [0.1, 0.15) is 31.4 Å². The number of aromatic nitrogens is 2. The summed E-state index contributed by atoms with van der Waals surface area (Å²) >= 11 is 0. The molecule has 1 N–H and O–H groups in total. The molecule has 0 bridgehead atoms. The molecule has 1 aliphatic rings. The molecule has 181 valence electrons. The molecule has 3 aromatic rings. The molecule has 4 atom stereocenters. The molecule has 2 heterocycles. The molecule has 1 fully saturated rings. The van der Waals surface area contributed by atoms with Crippen LogP contribution in [0.25, 0.3) is 0 Å². The fourth-order valence-electron chi connectivity index (χ4n) is 3.52. The summed E-state index contributed by atoms with van der Waals surface area (Å²) in [5.41, 5.74) is 2.18. The number of aryl methyl sites for hydroxylation is 1. The Morgan fingerprint density at radius 1 is 1.15 bits per heavy atom. The van der Waals surface area contributed by atoms with Gasteiger partial charge in [0.25, 0.3) is 10.0 Å². The molecule has 0 spiro atoms. The summed E-state index contributed by atoms with van der Waals surface area (Å²) in [6.07, 6.45) is 5.03. The van der Waals surface area contributed by atoms with Gasteiger partial charge in [0.1, 0.15) is 0 Å². The van der Waals surface area contributed by atoms with E-state index in [0.717, 1.165) is 21.5 Å². The van der Waals surface area contributed by atoms with Crippen LogP contribution in [0.15, 0.2) is 72.0 Å². The average Bonchev–Trinajstić information content (AvgIpc) is 3.35. The second kappa shape index (κ2) is 13.6. The summed E-state index contributed by atoms with van der Waals surface area (Å²) in [6, 6.07) is 16.8. The van der Waals surface area contributed by atoms with Crippen LogP contribution in [-0.2, 0) is 58.8 Å². The summed E-state index contributed by atoms with van der Waals surface area (Å²) in [5, 5.41) is 9.61. The van der Waals surface area contributed by atoms with Gasteiger partial charge in [-0.05, 0) is 42.8 Å². The number of rotatable bonds is 6. The Bertz CT molecular complexity index is 1080. The normalized spacial score (nSPS) is 22.2. The first-order chi connectivity index (χ1) is 15.8. The third-order valence-corrected chi connectivity index (χ3v) is 7.43. The molecular formula is C25H31N2O5SY-. The topological polar surface area (TPSA) is 90.6 Å². The minimum absolute atomic E-state index is 0. The molecule has 1 saturated heterocycles. The standard InChI is InChI=1S/C15H22O3.C10H9N2O2S.Y/c1-11-8-15(16)18-14(12(11)2)10-17-9-13-6-4-3-5-7-13;1-9-2-4-10(5-3-9)15(13,14)12-7-6-11-8-12;/h3-7,11-12,14-16H,8-10H2,1-2H3;2-5,7-8H,1H3;/q;-1;/t11-,12+,14?,15?;;/m1../s1. The average molecular weight is 561 g/mol. The van der Waals surface area contributed by atoms with Gasteiger partial charge in [-0.2, -0.15) is 0 Å². The quantitative estimate of drug-likeness (QED) is 0.462. The van der Waals surface area contributed by atoms with E-state index in [1.807, 2.05) is 37.3 Å². The number of ether oxygens (including phenoxy) is 2. The zero-order valence-electron chi connectivity index (χ0n) is 19.7. The van der Waals surface area contributed by atoms with E-state index < -0.39 is 16.3 Å². The van der Waals surface area contributed by atoms with Crippen molar-refractivity contribution in [3.05, 3.63) is 84.4 Å². The van der Waals surface area contributed by atoms with E-state index in [-0.39, 0.29) is 43.7 Å². The van der Waals surface area contributed by atoms with Crippen molar-refractivity contribution < 1.29 is 55.7 Å². The Morgan fingerprint density at radius 2 is 1.82 bits per heavy atom. The smallest absolute Gasteiger partial charge is 0.252 e. The molecule has 7 nitrogen and oxygen atoms in total. The second-order valence-corrected chi connectivity index (χ2v) is 10.2. The first-order valence-corrected chi connectivity index (χ1v) is 12.4. The number of hydrogen-bond acceptors (Lipinski definition) is 6. The zero-order chi connectivity index (χ0) is 23.8. The van der Waals surface area contributed by atoms with Gasteiger partial charge in [-0.15, -0.1) is 6.20 Å². The number of imidazole rings is 1.